The first-order valence-electron chi connectivity index (χ1n) is 6.82. The first kappa shape index (κ1) is 13.3. The minimum Gasteiger partial charge on any atom is -0.480 e. The predicted octanol–water partition coefficient (Wildman–Crippen LogP) is 0.698. The zero-order chi connectivity index (χ0) is 13.1. The Morgan fingerprint density at radius 2 is 1.94 bits per heavy atom. The number of amides is 1. The molecule has 1 atom stereocenters. The lowest BCUT2D eigenvalue weighted by molar-refractivity contribution is -0.149. The van der Waals surface area contributed by atoms with Gasteiger partial charge in [0.1, 0.15) is 6.54 Å². The van der Waals surface area contributed by atoms with E-state index in [4.69, 9.17) is 5.11 Å². The molecule has 0 radical (unpaired) electrons. The van der Waals surface area contributed by atoms with Gasteiger partial charge in [-0.3, -0.25) is 9.59 Å². The summed E-state index contributed by atoms with van der Waals surface area (Å²) in [6.45, 7) is 3.53. The highest BCUT2D eigenvalue weighted by atomic mass is 16.4. The molecule has 2 fully saturated rings. The molecule has 2 N–H and O–H groups in total. The molecular weight excluding hydrogens is 232 g/mol. The van der Waals surface area contributed by atoms with E-state index in [1.54, 1.807) is 4.90 Å². The normalized spacial score (nSPS) is 22.5. The van der Waals surface area contributed by atoms with Crippen molar-refractivity contribution in [3.8, 4) is 0 Å². The number of carbonyl (C=O) groups excluding carboxylic acids is 1. The van der Waals surface area contributed by atoms with E-state index < -0.39 is 5.97 Å². The second kappa shape index (κ2) is 5.69. The number of hydrogen-bond acceptors (Lipinski definition) is 3. The number of nitrogens with zero attached hydrogens (tertiary/aromatic N) is 1. The summed E-state index contributed by atoms with van der Waals surface area (Å²) >= 11 is 0. The van der Waals surface area contributed by atoms with Crippen molar-refractivity contribution in [3.63, 3.8) is 0 Å². The zero-order valence-corrected chi connectivity index (χ0v) is 10.9. The summed E-state index contributed by atoms with van der Waals surface area (Å²) in [5.74, 6) is -0.577. The molecule has 1 unspecified atom stereocenters. The SMILES string of the molecule is CC(C(=O)N(CC(=O)O)C1CCCC1)C1CNC1. The van der Waals surface area contributed by atoms with E-state index in [1.165, 1.54) is 0 Å². The Hall–Kier alpha value is -1.10. The maximum atomic E-state index is 12.4. The summed E-state index contributed by atoms with van der Waals surface area (Å²) in [6, 6.07) is 0.143. The monoisotopic (exact) mass is 254 g/mol. The van der Waals surface area contributed by atoms with Gasteiger partial charge in [-0.05, 0) is 31.8 Å². The number of carboxylic acid groups (broad SMARTS) is 1. The van der Waals surface area contributed by atoms with Crippen LogP contribution in [0.3, 0.4) is 0 Å². The largest absolute Gasteiger partial charge is 0.480 e. The fraction of sp³-hybridized carbons (Fsp3) is 0.846. The van der Waals surface area contributed by atoms with Crippen LogP contribution in [0.25, 0.3) is 0 Å². The molecule has 18 heavy (non-hydrogen) atoms. The van der Waals surface area contributed by atoms with Crippen LogP contribution >= 0.6 is 0 Å². The highest BCUT2D eigenvalue weighted by Crippen LogP contribution is 2.27. The quantitative estimate of drug-likeness (QED) is 0.757. The standard InChI is InChI=1S/C13H22N2O3/c1-9(10-6-14-7-10)13(18)15(8-12(16)17)11-4-2-3-5-11/h9-11,14H,2-8H2,1H3,(H,16,17). The third-order valence-corrected chi connectivity index (χ3v) is 4.26. The Bertz CT molecular complexity index is 322. The van der Waals surface area contributed by atoms with Crippen molar-refractivity contribution >= 4 is 11.9 Å². The summed E-state index contributed by atoms with van der Waals surface area (Å²) in [5.41, 5.74) is 0. The number of rotatable bonds is 5. The van der Waals surface area contributed by atoms with Crippen LogP contribution in [-0.4, -0.2) is 47.6 Å². The lowest BCUT2D eigenvalue weighted by atomic mass is 9.87. The van der Waals surface area contributed by atoms with Crippen molar-refractivity contribution in [1.29, 1.82) is 0 Å². The third kappa shape index (κ3) is 2.83. The summed E-state index contributed by atoms with van der Waals surface area (Å²) in [6.07, 6.45) is 4.12. The molecule has 5 heteroatoms. The molecule has 1 heterocycles. The van der Waals surface area contributed by atoms with Gasteiger partial charge in [-0.2, -0.15) is 0 Å². The van der Waals surface area contributed by atoms with E-state index in [9.17, 15) is 9.59 Å². The van der Waals surface area contributed by atoms with Crippen LogP contribution in [0.1, 0.15) is 32.6 Å². The highest BCUT2D eigenvalue weighted by molar-refractivity contribution is 5.83. The van der Waals surface area contributed by atoms with Crippen molar-refractivity contribution in [1.82, 2.24) is 10.2 Å². The molecule has 0 aromatic heterocycles. The minimum atomic E-state index is -0.908. The molecule has 1 aliphatic carbocycles. The van der Waals surface area contributed by atoms with E-state index in [1.807, 2.05) is 6.92 Å². The van der Waals surface area contributed by atoms with Gasteiger partial charge in [-0.25, -0.2) is 0 Å². The van der Waals surface area contributed by atoms with E-state index in [2.05, 4.69) is 5.32 Å². The molecular formula is C13H22N2O3. The summed E-state index contributed by atoms with van der Waals surface area (Å²) in [5, 5.41) is 12.1. The molecule has 1 saturated heterocycles. The van der Waals surface area contributed by atoms with Crippen LogP contribution < -0.4 is 5.32 Å². The first-order valence-corrected chi connectivity index (χ1v) is 6.82. The van der Waals surface area contributed by atoms with Gasteiger partial charge in [0.05, 0.1) is 0 Å². The maximum absolute atomic E-state index is 12.4. The Kier molecular flexibility index (Phi) is 4.22. The van der Waals surface area contributed by atoms with Crippen molar-refractivity contribution in [2.75, 3.05) is 19.6 Å². The van der Waals surface area contributed by atoms with Gasteiger partial charge < -0.3 is 15.3 Å². The van der Waals surface area contributed by atoms with E-state index in [0.29, 0.717) is 5.92 Å². The Balaban J connectivity index is 2.01. The van der Waals surface area contributed by atoms with Crippen LogP contribution in [0, 0.1) is 11.8 Å². The highest BCUT2D eigenvalue weighted by Gasteiger charge is 2.35. The van der Waals surface area contributed by atoms with Crippen LogP contribution in [0.15, 0.2) is 0 Å². The van der Waals surface area contributed by atoms with Crippen LogP contribution in [0.2, 0.25) is 0 Å². The third-order valence-electron chi connectivity index (χ3n) is 4.26. The molecule has 5 nitrogen and oxygen atoms in total. The van der Waals surface area contributed by atoms with Gasteiger partial charge in [0.2, 0.25) is 5.91 Å². The smallest absolute Gasteiger partial charge is 0.323 e. The van der Waals surface area contributed by atoms with Gasteiger partial charge in [0.15, 0.2) is 0 Å². The van der Waals surface area contributed by atoms with Crippen molar-refractivity contribution in [2.24, 2.45) is 11.8 Å². The van der Waals surface area contributed by atoms with E-state index in [0.717, 1.165) is 38.8 Å². The summed E-state index contributed by atoms with van der Waals surface area (Å²) in [4.78, 5) is 25.0. The van der Waals surface area contributed by atoms with Gasteiger partial charge in [0.25, 0.3) is 0 Å². The van der Waals surface area contributed by atoms with E-state index >= 15 is 0 Å². The topological polar surface area (TPSA) is 69.6 Å². The molecule has 2 aliphatic rings. The predicted molar refractivity (Wildman–Crippen MR) is 67.1 cm³/mol. The van der Waals surface area contributed by atoms with E-state index in [-0.39, 0.29) is 24.4 Å². The molecule has 0 spiro atoms. The van der Waals surface area contributed by atoms with Gasteiger partial charge >= 0.3 is 5.97 Å². The number of carboxylic acids is 1. The molecule has 0 aromatic carbocycles. The lowest BCUT2D eigenvalue weighted by Crippen LogP contribution is -2.52. The van der Waals surface area contributed by atoms with Crippen LogP contribution in [-0.2, 0) is 9.59 Å². The Morgan fingerprint density at radius 3 is 2.39 bits per heavy atom. The number of nitrogens with one attached hydrogen (secondary N) is 1. The summed E-state index contributed by atoms with van der Waals surface area (Å²) < 4.78 is 0. The fourth-order valence-corrected chi connectivity index (χ4v) is 2.88. The molecule has 0 aromatic rings. The van der Waals surface area contributed by atoms with Crippen molar-refractivity contribution in [2.45, 2.75) is 38.6 Å². The number of hydrogen-bond donors (Lipinski definition) is 2. The van der Waals surface area contributed by atoms with Crippen LogP contribution in [0.5, 0.6) is 0 Å². The lowest BCUT2D eigenvalue weighted by Gasteiger charge is -2.36. The van der Waals surface area contributed by atoms with Gasteiger partial charge in [-0.1, -0.05) is 19.8 Å². The second-order valence-electron chi connectivity index (χ2n) is 5.51. The average molecular weight is 254 g/mol. The number of carbonyl (C=O) groups is 2. The maximum Gasteiger partial charge on any atom is 0.323 e. The van der Waals surface area contributed by atoms with Crippen LogP contribution in [0.4, 0.5) is 0 Å². The van der Waals surface area contributed by atoms with Gasteiger partial charge in [0, 0.05) is 12.0 Å². The molecule has 102 valence electrons. The Morgan fingerprint density at radius 1 is 1.33 bits per heavy atom. The van der Waals surface area contributed by atoms with Gasteiger partial charge in [-0.15, -0.1) is 0 Å². The molecule has 0 bridgehead atoms. The second-order valence-corrected chi connectivity index (χ2v) is 5.51. The van der Waals surface area contributed by atoms with Crippen molar-refractivity contribution < 1.29 is 14.7 Å². The number of aliphatic carboxylic acids is 1. The molecule has 1 amide bonds. The van der Waals surface area contributed by atoms with Crippen molar-refractivity contribution in [3.05, 3.63) is 0 Å². The minimum absolute atomic E-state index is 0.0239. The first-order chi connectivity index (χ1) is 8.59. The average Bonchev–Trinajstić information content (AvgIpc) is 2.75. The zero-order valence-electron chi connectivity index (χ0n) is 10.9. The molecule has 1 aliphatic heterocycles. The molecule has 2 rings (SSSR count). The summed E-state index contributed by atoms with van der Waals surface area (Å²) in [7, 11) is 0. The fourth-order valence-electron chi connectivity index (χ4n) is 2.88. The molecule has 1 saturated carbocycles. The Labute approximate surface area is 108 Å².